The van der Waals surface area contributed by atoms with Gasteiger partial charge in [-0.15, -0.1) is 0 Å². The van der Waals surface area contributed by atoms with Crippen LogP contribution in [-0.2, 0) is 14.3 Å². The molecule has 0 amide bonds. The van der Waals surface area contributed by atoms with E-state index < -0.39 is 12.0 Å². The van der Waals surface area contributed by atoms with Crippen molar-refractivity contribution < 1.29 is 18.7 Å². The molecular formula is C19H23BrFN3O3. The minimum Gasteiger partial charge on any atom is -0.463 e. The molecule has 1 saturated heterocycles. The number of nitrogens with zero attached hydrogens (tertiary/aromatic N) is 2. The highest BCUT2D eigenvalue weighted by Gasteiger charge is 2.33. The summed E-state index contributed by atoms with van der Waals surface area (Å²) in [5.74, 6) is -0.0614. The Morgan fingerprint density at radius 3 is 2.85 bits per heavy atom. The number of halogens is 2. The number of carbonyl (C=O) groups is 1. The number of hydrogen-bond acceptors (Lipinski definition) is 6. The third kappa shape index (κ3) is 4.75. The van der Waals surface area contributed by atoms with E-state index in [1.165, 1.54) is 12.1 Å². The monoisotopic (exact) mass is 439 g/mol. The van der Waals surface area contributed by atoms with Crippen LogP contribution in [0.15, 0.2) is 38.9 Å². The largest absolute Gasteiger partial charge is 0.463 e. The molecule has 0 saturated carbocycles. The molecule has 1 aromatic rings. The molecule has 1 N–H and O–H groups in total. The van der Waals surface area contributed by atoms with Crippen molar-refractivity contribution in [2.24, 2.45) is 4.99 Å². The first-order valence-corrected chi connectivity index (χ1v) is 9.75. The Labute approximate surface area is 166 Å². The Balaban J connectivity index is 2.01. The van der Waals surface area contributed by atoms with Gasteiger partial charge in [-0.3, -0.25) is 9.89 Å². The van der Waals surface area contributed by atoms with Crippen molar-refractivity contribution >= 4 is 27.7 Å². The molecule has 6 nitrogen and oxygen atoms in total. The molecular weight excluding hydrogens is 417 g/mol. The Morgan fingerprint density at radius 2 is 2.19 bits per heavy atom. The van der Waals surface area contributed by atoms with Gasteiger partial charge in [0, 0.05) is 29.8 Å². The van der Waals surface area contributed by atoms with Gasteiger partial charge in [-0.2, -0.15) is 0 Å². The average molecular weight is 440 g/mol. The van der Waals surface area contributed by atoms with Crippen LogP contribution in [0.1, 0.15) is 25.5 Å². The Bertz CT molecular complexity index is 775. The van der Waals surface area contributed by atoms with Gasteiger partial charge < -0.3 is 14.8 Å². The summed E-state index contributed by atoms with van der Waals surface area (Å²) in [5, 5.41) is 3.24. The predicted octanol–water partition coefficient (Wildman–Crippen LogP) is 2.80. The van der Waals surface area contributed by atoms with Crippen LogP contribution in [0.2, 0.25) is 0 Å². The smallest absolute Gasteiger partial charge is 0.338 e. The van der Waals surface area contributed by atoms with Crippen LogP contribution in [0.3, 0.4) is 0 Å². The lowest BCUT2D eigenvalue weighted by molar-refractivity contribution is -0.139. The first kappa shape index (κ1) is 20.0. The standard InChI is InChI=1S/C19H23BrFN3O3/c1-3-27-19(25)17-16(11-24-6-8-26-9-7-24)22-12(2)23-18(17)14-5-4-13(21)10-15(14)20/h4-5,10,18H,3,6-9,11H2,1-2H3,(H,22,23). The first-order valence-electron chi connectivity index (χ1n) is 8.96. The molecule has 0 radical (unpaired) electrons. The van der Waals surface area contributed by atoms with Crippen LogP contribution in [0.5, 0.6) is 0 Å². The maximum Gasteiger partial charge on any atom is 0.338 e. The number of nitrogens with one attached hydrogen (secondary N) is 1. The number of rotatable bonds is 5. The van der Waals surface area contributed by atoms with Gasteiger partial charge in [0.25, 0.3) is 0 Å². The normalized spacial score (nSPS) is 20.9. The van der Waals surface area contributed by atoms with Crippen LogP contribution >= 0.6 is 15.9 Å². The fourth-order valence-corrected chi connectivity index (χ4v) is 3.81. The molecule has 0 aromatic heterocycles. The number of amidine groups is 1. The van der Waals surface area contributed by atoms with Gasteiger partial charge in [-0.05, 0) is 31.5 Å². The van der Waals surface area contributed by atoms with E-state index in [4.69, 9.17) is 9.47 Å². The molecule has 3 rings (SSSR count). The van der Waals surface area contributed by atoms with Crippen LogP contribution in [0.4, 0.5) is 4.39 Å². The molecule has 27 heavy (non-hydrogen) atoms. The third-order valence-electron chi connectivity index (χ3n) is 4.49. The topological polar surface area (TPSA) is 63.2 Å². The van der Waals surface area contributed by atoms with Crippen molar-refractivity contribution in [1.29, 1.82) is 0 Å². The molecule has 1 fully saturated rings. The summed E-state index contributed by atoms with van der Waals surface area (Å²) in [6.45, 7) is 7.39. The molecule has 1 aromatic carbocycles. The van der Waals surface area contributed by atoms with Crippen LogP contribution in [0, 0.1) is 5.82 Å². The molecule has 0 bridgehead atoms. The summed E-state index contributed by atoms with van der Waals surface area (Å²) in [6, 6.07) is 3.85. The predicted molar refractivity (Wildman–Crippen MR) is 104 cm³/mol. The highest BCUT2D eigenvalue weighted by atomic mass is 79.9. The molecule has 0 aliphatic carbocycles. The van der Waals surface area contributed by atoms with Crippen molar-refractivity contribution in [1.82, 2.24) is 10.2 Å². The lowest BCUT2D eigenvalue weighted by Gasteiger charge is -2.32. The molecule has 2 aliphatic heterocycles. The zero-order valence-electron chi connectivity index (χ0n) is 15.4. The van der Waals surface area contributed by atoms with Crippen LogP contribution in [-0.4, -0.2) is 56.2 Å². The number of benzene rings is 1. The van der Waals surface area contributed by atoms with Crippen molar-refractivity contribution in [2.45, 2.75) is 19.9 Å². The molecule has 2 heterocycles. The van der Waals surface area contributed by atoms with Gasteiger partial charge in [0.05, 0.1) is 31.2 Å². The number of ether oxygens (including phenoxy) is 2. The molecule has 1 atom stereocenters. The summed E-state index contributed by atoms with van der Waals surface area (Å²) in [4.78, 5) is 19.6. The van der Waals surface area contributed by atoms with E-state index in [9.17, 15) is 9.18 Å². The minimum absolute atomic E-state index is 0.271. The first-order chi connectivity index (χ1) is 13.0. The van der Waals surface area contributed by atoms with E-state index in [1.54, 1.807) is 13.0 Å². The van der Waals surface area contributed by atoms with E-state index in [1.807, 2.05) is 6.92 Å². The average Bonchev–Trinajstić information content (AvgIpc) is 2.62. The fourth-order valence-electron chi connectivity index (χ4n) is 3.24. The second kappa shape index (κ2) is 8.95. The number of morpholine rings is 1. The van der Waals surface area contributed by atoms with Crippen molar-refractivity contribution in [3.8, 4) is 0 Å². The van der Waals surface area contributed by atoms with E-state index >= 15 is 0 Å². The lowest BCUT2D eigenvalue weighted by atomic mass is 9.95. The lowest BCUT2D eigenvalue weighted by Crippen LogP contribution is -2.42. The number of aliphatic imine (C=N–C) groups is 1. The van der Waals surface area contributed by atoms with Crippen LogP contribution in [0.25, 0.3) is 0 Å². The number of carbonyl (C=O) groups excluding carboxylic acids is 1. The molecule has 0 spiro atoms. The van der Waals surface area contributed by atoms with Gasteiger partial charge in [0.1, 0.15) is 11.9 Å². The summed E-state index contributed by atoms with van der Waals surface area (Å²) in [5.41, 5.74) is 1.95. The highest BCUT2D eigenvalue weighted by Crippen LogP contribution is 2.36. The zero-order chi connectivity index (χ0) is 19.4. The van der Waals surface area contributed by atoms with Crippen molar-refractivity contribution in [2.75, 3.05) is 39.5 Å². The van der Waals surface area contributed by atoms with E-state index in [-0.39, 0.29) is 12.4 Å². The van der Waals surface area contributed by atoms with Gasteiger partial charge in [0.15, 0.2) is 0 Å². The Morgan fingerprint density at radius 1 is 1.44 bits per heavy atom. The van der Waals surface area contributed by atoms with E-state index in [0.29, 0.717) is 35.6 Å². The summed E-state index contributed by atoms with van der Waals surface area (Å²) < 4.78 is 24.8. The molecule has 8 heteroatoms. The summed E-state index contributed by atoms with van der Waals surface area (Å²) in [7, 11) is 0. The van der Waals surface area contributed by atoms with Gasteiger partial charge in [-0.25, -0.2) is 9.18 Å². The van der Waals surface area contributed by atoms with Gasteiger partial charge in [0.2, 0.25) is 0 Å². The second-order valence-corrected chi connectivity index (χ2v) is 7.26. The molecule has 146 valence electrons. The number of esters is 1. The summed E-state index contributed by atoms with van der Waals surface area (Å²) in [6.07, 6.45) is 0. The fraction of sp³-hybridized carbons (Fsp3) is 0.474. The van der Waals surface area contributed by atoms with Crippen molar-refractivity contribution in [3.05, 3.63) is 45.3 Å². The molecule has 1 unspecified atom stereocenters. The third-order valence-corrected chi connectivity index (χ3v) is 5.18. The van der Waals surface area contributed by atoms with Gasteiger partial charge in [-0.1, -0.05) is 22.0 Å². The Hall–Kier alpha value is -1.77. The maximum atomic E-state index is 13.6. The SMILES string of the molecule is CCOC(=O)C1=C(CN2CCOCC2)NC(C)=NC1c1ccc(F)cc1Br. The Kier molecular flexibility index (Phi) is 6.62. The minimum atomic E-state index is -0.559. The summed E-state index contributed by atoms with van der Waals surface area (Å²) >= 11 is 3.41. The van der Waals surface area contributed by atoms with Gasteiger partial charge >= 0.3 is 5.97 Å². The highest BCUT2D eigenvalue weighted by molar-refractivity contribution is 9.10. The second-order valence-electron chi connectivity index (χ2n) is 6.41. The van der Waals surface area contributed by atoms with E-state index in [0.717, 1.165) is 24.4 Å². The van der Waals surface area contributed by atoms with E-state index in [2.05, 4.69) is 31.1 Å². The van der Waals surface area contributed by atoms with Crippen LogP contribution < -0.4 is 5.32 Å². The quantitative estimate of drug-likeness (QED) is 0.714. The maximum absolute atomic E-state index is 13.6. The zero-order valence-corrected chi connectivity index (χ0v) is 17.0. The molecule has 2 aliphatic rings. The number of hydrogen-bond donors (Lipinski definition) is 1. The van der Waals surface area contributed by atoms with Crippen molar-refractivity contribution in [3.63, 3.8) is 0 Å².